The predicted octanol–water partition coefficient (Wildman–Crippen LogP) is -0.398. The number of rotatable bonds is 0. The predicted molar refractivity (Wildman–Crippen MR) is 51.7 cm³/mol. The van der Waals surface area contributed by atoms with Crippen molar-refractivity contribution in [2.75, 3.05) is 7.05 Å². The Balaban J connectivity index is 3.14. The number of hydrogen-bond acceptors (Lipinski definition) is 3. The van der Waals surface area contributed by atoms with Gasteiger partial charge in [0.1, 0.15) is 0 Å². The summed E-state index contributed by atoms with van der Waals surface area (Å²) in [6, 6.07) is 0. The first kappa shape index (κ1) is 9.92. The van der Waals surface area contributed by atoms with E-state index in [0.29, 0.717) is 0 Å². The molecule has 0 aromatic rings. The zero-order chi connectivity index (χ0) is 10.2. The molecule has 0 spiro atoms. The van der Waals surface area contributed by atoms with Crippen LogP contribution in [0.25, 0.3) is 0 Å². The number of likely N-dealkylation sites (N-methyl/N-ethyl adjacent to an activating group) is 1. The van der Waals surface area contributed by atoms with Crippen LogP contribution >= 0.6 is 12.2 Å². The molecule has 66 valence electrons. The van der Waals surface area contributed by atoms with Gasteiger partial charge in [-0.3, -0.25) is 14.5 Å². The third-order valence-corrected chi connectivity index (χ3v) is 2.24. The van der Waals surface area contributed by atoms with Gasteiger partial charge in [0.25, 0.3) is 11.8 Å². The van der Waals surface area contributed by atoms with Crippen LogP contribution in [0.2, 0.25) is 0 Å². The van der Waals surface area contributed by atoms with Crippen molar-refractivity contribution in [1.82, 2.24) is 9.71 Å². The monoisotopic (exact) mass is 194 g/mol. The maximum atomic E-state index is 11.4. The molecule has 0 bridgehead atoms. The fourth-order valence-electron chi connectivity index (χ4n) is 0.984. The summed E-state index contributed by atoms with van der Waals surface area (Å²) < 4.78 is 0. The molecule has 1 saturated heterocycles. The quantitative estimate of drug-likeness (QED) is 0.228. The highest BCUT2D eigenvalue weighted by molar-refractivity contribution is 7.80. The van der Waals surface area contributed by atoms with Gasteiger partial charge < -0.3 is 4.81 Å². The number of hydrogen-bond donors (Lipinski definition) is 0. The molecule has 0 aliphatic carbocycles. The lowest BCUT2D eigenvalue weighted by atomic mass is 10.1. The van der Waals surface area contributed by atoms with Crippen molar-refractivity contribution in [1.29, 1.82) is 0 Å². The van der Waals surface area contributed by atoms with Crippen LogP contribution in [0, 0.1) is 0 Å². The summed E-state index contributed by atoms with van der Waals surface area (Å²) in [5, 5.41) is 0.0144. The van der Waals surface area contributed by atoms with Gasteiger partial charge in [-0.15, -0.1) is 0 Å². The average molecular weight is 194 g/mol. The van der Waals surface area contributed by atoms with Crippen LogP contribution in [-0.4, -0.2) is 41.7 Å². The minimum Gasteiger partial charge on any atom is -0.342 e. The molecule has 1 rings (SSSR count). The molecule has 0 aromatic carbocycles. The second-order valence-electron chi connectivity index (χ2n) is 2.52. The van der Waals surface area contributed by atoms with Crippen LogP contribution in [0.1, 0.15) is 6.92 Å². The van der Waals surface area contributed by atoms with E-state index in [0.717, 1.165) is 9.71 Å². The second kappa shape index (κ2) is 3.29. The van der Waals surface area contributed by atoms with Crippen LogP contribution < -0.4 is 0 Å². The number of thiocarbonyl (C=S) groups is 1. The summed E-state index contributed by atoms with van der Waals surface area (Å²) in [4.78, 5) is 24.7. The Labute approximate surface area is 82.6 Å². The van der Waals surface area contributed by atoms with E-state index in [-0.39, 0.29) is 10.7 Å². The van der Waals surface area contributed by atoms with Crippen molar-refractivity contribution in [3.05, 3.63) is 11.6 Å². The number of allylic oxidation sites excluding steroid dienone is 1. The maximum Gasteiger partial charge on any atom is 0.264 e. The summed E-state index contributed by atoms with van der Waals surface area (Å²) in [5.41, 5.74) is 0.0404. The van der Waals surface area contributed by atoms with Crippen LogP contribution in [0.15, 0.2) is 11.6 Å². The van der Waals surface area contributed by atoms with Gasteiger partial charge in [-0.25, -0.2) is 0 Å². The van der Waals surface area contributed by atoms with Crippen LogP contribution in [-0.2, 0) is 9.59 Å². The standard InChI is InChI=1S/C7H7BN2O2S/c1-3-4-5(11)9(2)7(13)10(8)6(4)12/h3H,1-2H3/b4-3+. The molecule has 0 aromatic heterocycles. The molecule has 0 N–H and O–H groups in total. The molecular formula is C7H7BN2O2S. The van der Waals surface area contributed by atoms with E-state index in [1.807, 2.05) is 0 Å². The molecule has 1 aliphatic rings. The molecule has 1 fully saturated rings. The van der Waals surface area contributed by atoms with Crippen molar-refractivity contribution in [2.24, 2.45) is 0 Å². The van der Waals surface area contributed by atoms with Gasteiger partial charge in [-0.1, -0.05) is 6.08 Å². The molecule has 6 heteroatoms. The molecule has 2 radical (unpaired) electrons. The van der Waals surface area contributed by atoms with Crippen molar-refractivity contribution in [3.8, 4) is 0 Å². The fraction of sp³-hybridized carbons (Fsp3) is 0.286. The highest BCUT2D eigenvalue weighted by Crippen LogP contribution is 2.13. The SMILES string of the molecule is [B]N1C(=O)/C(=C/C)C(=O)N(C)C1=S. The van der Waals surface area contributed by atoms with Gasteiger partial charge in [-0.2, -0.15) is 0 Å². The first-order chi connectivity index (χ1) is 6.00. The Bertz CT molecular complexity index is 300. The number of nitrogens with zero attached hydrogens (tertiary/aromatic N) is 2. The van der Waals surface area contributed by atoms with Crippen molar-refractivity contribution in [2.45, 2.75) is 6.92 Å². The maximum absolute atomic E-state index is 11.4. The van der Waals surface area contributed by atoms with E-state index >= 15 is 0 Å². The molecular weight excluding hydrogens is 187 g/mol. The summed E-state index contributed by atoms with van der Waals surface area (Å²) in [5.74, 6) is -0.977. The van der Waals surface area contributed by atoms with Gasteiger partial charge in [0.15, 0.2) is 5.11 Å². The van der Waals surface area contributed by atoms with E-state index in [1.54, 1.807) is 6.92 Å². The van der Waals surface area contributed by atoms with Crippen LogP contribution in [0.5, 0.6) is 0 Å². The van der Waals surface area contributed by atoms with E-state index in [4.69, 9.17) is 20.2 Å². The zero-order valence-electron chi connectivity index (χ0n) is 7.27. The van der Waals surface area contributed by atoms with Crippen LogP contribution in [0.3, 0.4) is 0 Å². The first-order valence-electron chi connectivity index (χ1n) is 3.58. The van der Waals surface area contributed by atoms with Gasteiger partial charge in [0, 0.05) is 7.05 Å². The number of carbonyl (C=O) groups excluding carboxylic acids is 2. The molecule has 13 heavy (non-hydrogen) atoms. The minimum absolute atomic E-state index is 0.0144. The summed E-state index contributed by atoms with van der Waals surface area (Å²) >= 11 is 4.76. The Morgan fingerprint density at radius 2 is 1.92 bits per heavy atom. The molecule has 0 unspecified atom stereocenters. The highest BCUT2D eigenvalue weighted by Gasteiger charge is 2.33. The average Bonchev–Trinajstić information content (AvgIpc) is 2.13. The lowest BCUT2D eigenvalue weighted by Crippen LogP contribution is -2.53. The molecule has 4 nitrogen and oxygen atoms in total. The van der Waals surface area contributed by atoms with Crippen molar-refractivity contribution >= 4 is 37.1 Å². The van der Waals surface area contributed by atoms with Crippen molar-refractivity contribution < 1.29 is 9.59 Å². The Kier molecular flexibility index (Phi) is 2.51. The third kappa shape index (κ3) is 1.37. The van der Waals surface area contributed by atoms with Crippen molar-refractivity contribution in [3.63, 3.8) is 0 Å². The summed E-state index contributed by atoms with van der Waals surface area (Å²) in [6.45, 7) is 1.60. The first-order valence-corrected chi connectivity index (χ1v) is 3.99. The fourth-order valence-corrected chi connectivity index (χ4v) is 1.15. The Morgan fingerprint density at radius 1 is 1.38 bits per heavy atom. The zero-order valence-corrected chi connectivity index (χ0v) is 8.09. The summed E-state index contributed by atoms with van der Waals surface area (Å²) in [7, 11) is 6.82. The lowest BCUT2D eigenvalue weighted by Gasteiger charge is -2.32. The van der Waals surface area contributed by atoms with E-state index in [9.17, 15) is 9.59 Å². The second-order valence-corrected chi connectivity index (χ2v) is 2.89. The smallest absolute Gasteiger partial charge is 0.264 e. The Morgan fingerprint density at radius 3 is 2.38 bits per heavy atom. The number of carbonyl (C=O) groups is 2. The van der Waals surface area contributed by atoms with Gasteiger partial charge in [-0.05, 0) is 19.1 Å². The van der Waals surface area contributed by atoms with Crippen LogP contribution in [0.4, 0.5) is 0 Å². The van der Waals surface area contributed by atoms with E-state index in [1.165, 1.54) is 13.1 Å². The molecule has 0 saturated carbocycles. The van der Waals surface area contributed by atoms with E-state index in [2.05, 4.69) is 0 Å². The third-order valence-electron chi connectivity index (χ3n) is 1.77. The van der Waals surface area contributed by atoms with E-state index < -0.39 is 11.8 Å². The van der Waals surface area contributed by atoms with Gasteiger partial charge >= 0.3 is 0 Å². The molecule has 2 amide bonds. The number of amides is 2. The normalized spacial score (nSPS) is 21.7. The summed E-state index contributed by atoms with van der Waals surface area (Å²) in [6.07, 6.45) is 1.42. The largest absolute Gasteiger partial charge is 0.342 e. The van der Waals surface area contributed by atoms with Gasteiger partial charge in [0.05, 0.1) is 5.57 Å². The topological polar surface area (TPSA) is 40.6 Å². The molecule has 0 atom stereocenters. The highest BCUT2D eigenvalue weighted by atomic mass is 32.1. The minimum atomic E-state index is -0.560. The Hall–Kier alpha value is -1.17. The molecule has 1 aliphatic heterocycles. The molecule has 1 heterocycles. The van der Waals surface area contributed by atoms with Gasteiger partial charge in [0.2, 0.25) is 7.98 Å². The lowest BCUT2D eigenvalue weighted by molar-refractivity contribution is -0.130.